The summed E-state index contributed by atoms with van der Waals surface area (Å²) < 4.78 is 0. The van der Waals surface area contributed by atoms with Crippen molar-refractivity contribution in [3.63, 3.8) is 0 Å². The van der Waals surface area contributed by atoms with E-state index >= 15 is 0 Å². The van der Waals surface area contributed by atoms with Crippen LogP contribution < -0.4 is 16.4 Å². The minimum absolute atomic E-state index is 0.0225. The molecule has 1 aromatic carbocycles. The maximum Gasteiger partial charge on any atom is 0.262 e. The Balaban J connectivity index is 1.82. The molecule has 8 heteroatoms. The third-order valence-electron chi connectivity index (χ3n) is 5.52. The smallest absolute Gasteiger partial charge is 0.262 e. The minimum Gasteiger partial charge on any atom is -0.326 e. The Morgan fingerprint density at radius 3 is 2.54 bits per heavy atom. The maximum absolute atomic E-state index is 13.0. The molecule has 2 aliphatic heterocycles. The van der Waals surface area contributed by atoms with Crippen LogP contribution in [0.4, 0.5) is 0 Å². The highest BCUT2D eigenvalue weighted by atomic mass is 16.2. The first-order valence-electron chi connectivity index (χ1n) is 9.54. The van der Waals surface area contributed by atoms with Crippen LogP contribution in [0.1, 0.15) is 59.9 Å². The molecule has 3 unspecified atom stereocenters. The Kier molecular flexibility index (Phi) is 5.62. The molecule has 0 radical (unpaired) electrons. The van der Waals surface area contributed by atoms with E-state index in [1.165, 1.54) is 0 Å². The van der Waals surface area contributed by atoms with Crippen LogP contribution in [-0.2, 0) is 16.1 Å². The van der Waals surface area contributed by atoms with Crippen LogP contribution in [0.3, 0.4) is 0 Å². The molecule has 0 aromatic heterocycles. The van der Waals surface area contributed by atoms with E-state index in [0.29, 0.717) is 23.6 Å². The number of nitrogens with zero attached hydrogens (tertiary/aromatic N) is 1. The number of imide groups is 2. The third-order valence-corrected chi connectivity index (χ3v) is 5.52. The van der Waals surface area contributed by atoms with Gasteiger partial charge in [-0.15, -0.1) is 0 Å². The Hall–Kier alpha value is -2.58. The lowest BCUT2D eigenvalue weighted by Gasteiger charge is -2.28. The molecule has 4 N–H and O–H groups in total. The zero-order chi connectivity index (χ0) is 20.6. The number of piperidine rings is 1. The summed E-state index contributed by atoms with van der Waals surface area (Å²) in [6.45, 7) is 6.45. The van der Waals surface area contributed by atoms with Crippen LogP contribution in [0.5, 0.6) is 0 Å². The van der Waals surface area contributed by atoms with Crippen molar-refractivity contribution in [1.29, 1.82) is 0 Å². The number of carbonyl (C=O) groups excluding carboxylic acids is 4. The SMILES string of the molecule is CC(C)C(N)C(C)NCc1cccc2c1C(=O)N(C1CCC(=O)NC1=O)C2=O. The van der Waals surface area contributed by atoms with Crippen molar-refractivity contribution in [2.75, 3.05) is 0 Å². The number of nitrogens with two attached hydrogens (primary N) is 1. The number of hydrogen-bond acceptors (Lipinski definition) is 6. The van der Waals surface area contributed by atoms with E-state index in [1.807, 2.05) is 20.8 Å². The summed E-state index contributed by atoms with van der Waals surface area (Å²) in [5.74, 6) is -1.69. The highest BCUT2D eigenvalue weighted by Gasteiger charge is 2.45. The Labute approximate surface area is 163 Å². The van der Waals surface area contributed by atoms with Gasteiger partial charge in [-0.05, 0) is 30.9 Å². The summed E-state index contributed by atoms with van der Waals surface area (Å²) >= 11 is 0. The molecule has 4 amide bonds. The van der Waals surface area contributed by atoms with Crippen molar-refractivity contribution >= 4 is 23.6 Å². The molecule has 1 aromatic rings. The van der Waals surface area contributed by atoms with Crippen molar-refractivity contribution in [3.8, 4) is 0 Å². The fourth-order valence-electron chi connectivity index (χ4n) is 3.72. The second-order valence-corrected chi connectivity index (χ2v) is 7.78. The first-order chi connectivity index (χ1) is 13.2. The van der Waals surface area contributed by atoms with Crippen molar-refractivity contribution in [1.82, 2.24) is 15.5 Å². The van der Waals surface area contributed by atoms with Gasteiger partial charge in [0.05, 0.1) is 11.1 Å². The molecular weight excluding hydrogens is 360 g/mol. The lowest BCUT2D eigenvalue weighted by Crippen LogP contribution is -2.54. The van der Waals surface area contributed by atoms with Gasteiger partial charge >= 0.3 is 0 Å². The molecular formula is C20H26N4O4. The number of amides is 4. The summed E-state index contributed by atoms with van der Waals surface area (Å²) in [5.41, 5.74) is 7.46. The average molecular weight is 386 g/mol. The van der Waals surface area contributed by atoms with Crippen molar-refractivity contribution in [3.05, 3.63) is 34.9 Å². The molecule has 0 saturated carbocycles. The third kappa shape index (κ3) is 3.57. The van der Waals surface area contributed by atoms with Gasteiger partial charge in [0.15, 0.2) is 0 Å². The van der Waals surface area contributed by atoms with Gasteiger partial charge in [-0.2, -0.15) is 0 Å². The fraction of sp³-hybridized carbons (Fsp3) is 0.500. The summed E-state index contributed by atoms with van der Waals surface area (Å²) in [5, 5.41) is 5.52. The summed E-state index contributed by atoms with van der Waals surface area (Å²) in [6.07, 6.45) is 0.243. The van der Waals surface area contributed by atoms with Crippen molar-refractivity contribution in [2.24, 2.45) is 11.7 Å². The first kappa shape index (κ1) is 20.2. The molecule has 1 saturated heterocycles. The second-order valence-electron chi connectivity index (χ2n) is 7.78. The maximum atomic E-state index is 13.0. The Bertz CT molecular complexity index is 835. The monoisotopic (exact) mass is 386 g/mol. The number of benzene rings is 1. The van der Waals surface area contributed by atoms with E-state index in [1.54, 1.807) is 18.2 Å². The van der Waals surface area contributed by atoms with E-state index in [0.717, 1.165) is 4.90 Å². The molecule has 1 fully saturated rings. The number of hydrogen-bond donors (Lipinski definition) is 3. The summed E-state index contributed by atoms with van der Waals surface area (Å²) in [4.78, 5) is 50.4. The van der Waals surface area contributed by atoms with Crippen LogP contribution in [0.15, 0.2) is 18.2 Å². The fourth-order valence-corrected chi connectivity index (χ4v) is 3.72. The van der Waals surface area contributed by atoms with Crippen LogP contribution >= 0.6 is 0 Å². The Morgan fingerprint density at radius 2 is 1.89 bits per heavy atom. The molecule has 3 atom stereocenters. The second kappa shape index (κ2) is 7.81. The zero-order valence-electron chi connectivity index (χ0n) is 16.3. The molecule has 0 bridgehead atoms. The normalized spacial score (nSPS) is 21.8. The van der Waals surface area contributed by atoms with Crippen LogP contribution in [0, 0.1) is 5.92 Å². The standard InChI is InChI=1S/C20H26N4O4/c1-10(2)17(21)11(3)22-9-12-5-4-6-13-16(12)20(28)24(19(13)27)14-7-8-15(25)23-18(14)26/h4-6,10-11,14,17,22H,7-9,21H2,1-3H3,(H,23,25,26). The minimum atomic E-state index is -0.959. The van der Waals surface area contributed by atoms with E-state index in [9.17, 15) is 19.2 Å². The Morgan fingerprint density at radius 1 is 1.18 bits per heavy atom. The van der Waals surface area contributed by atoms with E-state index in [2.05, 4.69) is 10.6 Å². The number of fused-ring (bicyclic) bond motifs is 1. The first-order valence-corrected chi connectivity index (χ1v) is 9.54. The van der Waals surface area contributed by atoms with Gasteiger partial charge in [0, 0.05) is 25.0 Å². The van der Waals surface area contributed by atoms with Crippen LogP contribution in [0.25, 0.3) is 0 Å². The predicted molar refractivity (Wildman–Crippen MR) is 102 cm³/mol. The molecule has 2 aliphatic rings. The van der Waals surface area contributed by atoms with Crippen molar-refractivity contribution < 1.29 is 19.2 Å². The van der Waals surface area contributed by atoms with Gasteiger partial charge in [0.1, 0.15) is 6.04 Å². The summed E-state index contributed by atoms with van der Waals surface area (Å²) in [6, 6.07) is 4.12. The van der Waals surface area contributed by atoms with E-state index in [4.69, 9.17) is 5.73 Å². The largest absolute Gasteiger partial charge is 0.326 e. The van der Waals surface area contributed by atoms with Crippen molar-refractivity contribution in [2.45, 2.75) is 58.3 Å². The van der Waals surface area contributed by atoms with Gasteiger partial charge in [0.25, 0.3) is 11.8 Å². The van der Waals surface area contributed by atoms with Gasteiger partial charge in [-0.25, -0.2) is 0 Å². The highest BCUT2D eigenvalue weighted by molar-refractivity contribution is 6.24. The molecule has 0 aliphatic carbocycles. The number of nitrogens with one attached hydrogen (secondary N) is 2. The zero-order valence-corrected chi connectivity index (χ0v) is 16.3. The number of rotatable bonds is 6. The highest BCUT2D eigenvalue weighted by Crippen LogP contribution is 2.30. The predicted octanol–water partition coefficient (Wildman–Crippen LogP) is 0.549. The topological polar surface area (TPSA) is 122 Å². The van der Waals surface area contributed by atoms with Gasteiger partial charge < -0.3 is 11.1 Å². The number of carbonyl (C=O) groups is 4. The summed E-state index contributed by atoms with van der Waals surface area (Å²) in [7, 11) is 0. The van der Waals surface area contributed by atoms with Gasteiger partial charge in [-0.3, -0.25) is 29.4 Å². The van der Waals surface area contributed by atoms with Gasteiger partial charge in [-0.1, -0.05) is 26.0 Å². The van der Waals surface area contributed by atoms with Gasteiger partial charge in [0.2, 0.25) is 11.8 Å². The van der Waals surface area contributed by atoms with E-state index < -0.39 is 29.7 Å². The molecule has 8 nitrogen and oxygen atoms in total. The van der Waals surface area contributed by atoms with E-state index in [-0.39, 0.29) is 30.5 Å². The lowest BCUT2D eigenvalue weighted by atomic mass is 9.97. The molecule has 0 spiro atoms. The molecule has 3 rings (SSSR count). The molecule has 2 heterocycles. The molecule has 28 heavy (non-hydrogen) atoms. The van der Waals surface area contributed by atoms with Crippen LogP contribution in [0.2, 0.25) is 0 Å². The lowest BCUT2D eigenvalue weighted by molar-refractivity contribution is -0.136. The average Bonchev–Trinajstić information content (AvgIpc) is 2.90. The molecule has 150 valence electrons. The van der Waals surface area contributed by atoms with Crippen LogP contribution in [-0.4, -0.2) is 46.7 Å². The quantitative estimate of drug-likeness (QED) is 0.614.